The molecule has 0 amide bonds. The summed E-state index contributed by atoms with van der Waals surface area (Å²) >= 11 is 8.61. The Morgan fingerprint density at radius 1 is 1.10 bits per heavy atom. The quantitative estimate of drug-likeness (QED) is 0.489. The van der Waals surface area contributed by atoms with Gasteiger partial charge in [-0.25, -0.2) is 18.6 Å². The first kappa shape index (κ1) is 15.3. The first-order valence-corrected chi connectivity index (χ1v) is 6.67. The lowest BCUT2D eigenvalue weighted by Gasteiger charge is -2.19. The minimum atomic E-state index is -1.18. The Morgan fingerprint density at radius 3 is 2.40 bits per heavy atom. The van der Waals surface area contributed by atoms with Crippen LogP contribution in [-0.2, 0) is 0 Å². The van der Waals surface area contributed by atoms with Crippen LogP contribution in [0.15, 0.2) is 34.8 Å². The zero-order valence-corrected chi connectivity index (χ0v) is 12.3. The fourth-order valence-electron chi connectivity index (χ4n) is 1.87. The van der Waals surface area contributed by atoms with E-state index in [1.54, 1.807) is 0 Å². The van der Waals surface area contributed by atoms with Gasteiger partial charge in [0.1, 0.15) is 17.5 Å². The molecule has 0 saturated carbocycles. The molecule has 1 atom stereocenters. The molecule has 0 aliphatic carbocycles. The monoisotopic (exact) mass is 364 g/mol. The molecule has 0 saturated heterocycles. The molecule has 0 aliphatic heterocycles. The largest absolute Gasteiger partial charge is 0.271 e. The van der Waals surface area contributed by atoms with Crippen LogP contribution < -0.4 is 11.3 Å². The number of hydrazine groups is 1. The third-order valence-electron chi connectivity index (χ3n) is 2.81. The average Bonchev–Trinajstić information content (AvgIpc) is 2.40. The Labute approximate surface area is 126 Å². The average molecular weight is 366 g/mol. The van der Waals surface area contributed by atoms with Gasteiger partial charge in [0, 0.05) is 16.1 Å². The molecule has 0 aliphatic rings. The summed E-state index contributed by atoms with van der Waals surface area (Å²) in [7, 11) is 0. The second kappa shape index (κ2) is 6.13. The predicted molar refractivity (Wildman–Crippen MR) is 74.6 cm³/mol. The molecule has 0 spiro atoms. The van der Waals surface area contributed by atoms with Gasteiger partial charge in [0.25, 0.3) is 0 Å². The molecule has 0 fully saturated rings. The van der Waals surface area contributed by atoms with Crippen molar-refractivity contribution in [1.82, 2.24) is 5.43 Å². The van der Waals surface area contributed by atoms with E-state index in [0.29, 0.717) is 0 Å². The zero-order valence-electron chi connectivity index (χ0n) is 9.93. The van der Waals surface area contributed by atoms with Crippen molar-refractivity contribution < 1.29 is 13.2 Å². The van der Waals surface area contributed by atoms with Gasteiger partial charge < -0.3 is 0 Å². The van der Waals surface area contributed by atoms with E-state index >= 15 is 0 Å². The van der Waals surface area contributed by atoms with E-state index in [2.05, 4.69) is 21.4 Å². The second-order valence-corrected chi connectivity index (χ2v) is 5.31. The van der Waals surface area contributed by atoms with Crippen LogP contribution in [0.5, 0.6) is 0 Å². The number of benzene rings is 2. The lowest BCUT2D eigenvalue weighted by molar-refractivity contribution is 0.493. The van der Waals surface area contributed by atoms with Gasteiger partial charge in [-0.1, -0.05) is 17.7 Å². The first-order chi connectivity index (χ1) is 9.45. The summed E-state index contributed by atoms with van der Waals surface area (Å²) in [4.78, 5) is 0. The second-order valence-electron chi connectivity index (χ2n) is 4.02. The molecule has 2 aromatic carbocycles. The van der Waals surface area contributed by atoms with Gasteiger partial charge in [0.15, 0.2) is 0 Å². The van der Waals surface area contributed by atoms with Crippen molar-refractivity contribution in [3.05, 3.63) is 68.4 Å². The maximum absolute atomic E-state index is 14.1. The Hall–Kier alpha value is -1.08. The van der Waals surface area contributed by atoms with Crippen LogP contribution in [0.3, 0.4) is 0 Å². The lowest BCUT2D eigenvalue weighted by Crippen LogP contribution is -2.31. The molecular weight excluding hydrogens is 357 g/mol. The normalized spacial score (nSPS) is 12.5. The minimum Gasteiger partial charge on any atom is -0.271 e. The fourth-order valence-corrected chi connectivity index (χ4v) is 2.38. The van der Waals surface area contributed by atoms with Crippen molar-refractivity contribution in [1.29, 1.82) is 0 Å². The van der Waals surface area contributed by atoms with E-state index < -0.39 is 23.5 Å². The molecule has 0 radical (unpaired) electrons. The number of rotatable bonds is 3. The topological polar surface area (TPSA) is 38.0 Å². The predicted octanol–water partition coefficient (Wildman–Crippen LogP) is 4.07. The maximum atomic E-state index is 14.1. The van der Waals surface area contributed by atoms with Crippen molar-refractivity contribution in [2.75, 3.05) is 0 Å². The number of nitrogens with one attached hydrogen (secondary N) is 1. The van der Waals surface area contributed by atoms with Crippen molar-refractivity contribution >= 4 is 27.5 Å². The molecule has 2 rings (SSSR count). The first-order valence-electron chi connectivity index (χ1n) is 5.50. The van der Waals surface area contributed by atoms with Crippen molar-refractivity contribution in [3.8, 4) is 0 Å². The van der Waals surface area contributed by atoms with Crippen LogP contribution in [0, 0.1) is 17.5 Å². The molecule has 0 aromatic heterocycles. The van der Waals surface area contributed by atoms with Gasteiger partial charge in [-0.2, -0.15) is 0 Å². The molecule has 106 valence electrons. The zero-order chi connectivity index (χ0) is 14.9. The van der Waals surface area contributed by atoms with Gasteiger partial charge in [-0.3, -0.25) is 5.84 Å². The third kappa shape index (κ3) is 2.83. The third-order valence-corrected chi connectivity index (χ3v) is 3.66. The van der Waals surface area contributed by atoms with E-state index in [-0.39, 0.29) is 20.6 Å². The summed E-state index contributed by atoms with van der Waals surface area (Å²) in [6.45, 7) is 0. The van der Waals surface area contributed by atoms with Gasteiger partial charge in [0.05, 0.1) is 10.5 Å². The molecule has 0 heterocycles. The van der Waals surface area contributed by atoms with Gasteiger partial charge in [-0.05, 0) is 40.2 Å². The maximum Gasteiger partial charge on any atom is 0.145 e. The van der Waals surface area contributed by atoms with Crippen LogP contribution in [0.2, 0.25) is 5.02 Å². The lowest BCUT2D eigenvalue weighted by atomic mass is 9.98. The highest BCUT2D eigenvalue weighted by Crippen LogP contribution is 2.32. The Kier molecular flexibility index (Phi) is 4.70. The Morgan fingerprint density at radius 2 is 1.80 bits per heavy atom. The highest BCUT2D eigenvalue weighted by molar-refractivity contribution is 9.10. The van der Waals surface area contributed by atoms with Gasteiger partial charge in [0.2, 0.25) is 0 Å². The molecule has 3 N–H and O–H groups in total. The number of hydrogen-bond donors (Lipinski definition) is 2. The highest BCUT2D eigenvalue weighted by atomic mass is 79.9. The summed E-state index contributed by atoms with van der Waals surface area (Å²) in [6, 6.07) is 4.90. The van der Waals surface area contributed by atoms with Crippen LogP contribution in [0.1, 0.15) is 17.2 Å². The number of nitrogens with two attached hydrogens (primary N) is 1. The van der Waals surface area contributed by atoms with Crippen LogP contribution in [0.25, 0.3) is 0 Å². The molecule has 20 heavy (non-hydrogen) atoms. The standard InChI is InChI=1S/C13H9BrClF3N2/c14-8-3-4-9(16)11(12(8)18)13(20-19)7-2-1-6(15)5-10(7)17/h1-5,13,20H,19H2. The summed E-state index contributed by atoms with van der Waals surface area (Å²) < 4.78 is 41.9. The van der Waals surface area contributed by atoms with Crippen LogP contribution in [-0.4, -0.2) is 0 Å². The van der Waals surface area contributed by atoms with E-state index in [0.717, 1.165) is 12.1 Å². The number of halogens is 5. The van der Waals surface area contributed by atoms with E-state index in [4.69, 9.17) is 17.4 Å². The van der Waals surface area contributed by atoms with E-state index in [9.17, 15) is 13.2 Å². The summed E-state index contributed by atoms with van der Waals surface area (Å²) in [5.41, 5.74) is 1.84. The SMILES string of the molecule is NNC(c1ccc(Cl)cc1F)c1c(F)ccc(Br)c1F. The van der Waals surface area contributed by atoms with Crippen molar-refractivity contribution in [2.45, 2.75) is 6.04 Å². The molecule has 1 unspecified atom stereocenters. The molecule has 2 nitrogen and oxygen atoms in total. The summed E-state index contributed by atoms with van der Waals surface area (Å²) in [5, 5.41) is 0.178. The van der Waals surface area contributed by atoms with Crippen molar-refractivity contribution in [3.63, 3.8) is 0 Å². The Bertz CT molecular complexity index is 652. The molecule has 0 bridgehead atoms. The highest BCUT2D eigenvalue weighted by Gasteiger charge is 2.25. The number of hydrogen-bond acceptors (Lipinski definition) is 2. The van der Waals surface area contributed by atoms with Crippen molar-refractivity contribution in [2.24, 2.45) is 5.84 Å². The van der Waals surface area contributed by atoms with E-state index in [1.165, 1.54) is 18.2 Å². The molecular formula is C13H9BrClF3N2. The summed E-state index contributed by atoms with van der Waals surface area (Å²) in [5.74, 6) is 2.95. The minimum absolute atomic E-state index is 0.00667. The fraction of sp³-hybridized carbons (Fsp3) is 0.0769. The smallest absolute Gasteiger partial charge is 0.145 e. The van der Waals surface area contributed by atoms with Gasteiger partial charge >= 0.3 is 0 Å². The van der Waals surface area contributed by atoms with Crippen LogP contribution >= 0.6 is 27.5 Å². The van der Waals surface area contributed by atoms with E-state index in [1.807, 2.05) is 0 Å². The van der Waals surface area contributed by atoms with Crippen LogP contribution in [0.4, 0.5) is 13.2 Å². The Balaban J connectivity index is 2.61. The molecule has 7 heteroatoms. The summed E-state index contributed by atoms with van der Waals surface area (Å²) in [6.07, 6.45) is 0. The molecule has 2 aromatic rings. The van der Waals surface area contributed by atoms with Gasteiger partial charge in [-0.15, -0.1) is 0 Å².